The predicted octanol–water partition coefficient (Wildman–Crippen LogP) is 4.18. The second-order valence-electron chi connectivity index (χ2n) is 6.56. The third kappa shape index (κ3) is 4.56. The number of ether oxygens (including phenoxy) is 1. The van der Waals surface area contributed by atoms with Gasteiger partial charge in [-0.1, -0.05) is 30.8 Å². The molecule has 3 rings (SSSR count). The maximum Gasteiger partial charge on any atom is 0.243 e. The fraction of sp³-hybridized carbons (Fsp3) is 0.273. The minimum absolute atomic E-state index is 0.205. The van der Waals surface area contributed by atoms with Crippen LogP contribution in [0.4, 0.5) is 0 Å². The lowest BCUT2D eigenvalue weighted by Gasteiger charge is -2.16. The number of benzene rings is 2. The molecular weight excluding hydrogens is 338 g/mol. The van der Waals surface area contributed by atoms with Gasteiger partial charge in [-0.25, -0.2) is 4.98 Å². The molecule has 1 atom stereocenters. The number of para-hydroxylation sites is 2. The summed E-state index contributed by atoms with van der Waals surface area (Å²) in [4.78, 5) is 16.4. The van der Waals surface area contributed by atoms with Gasteiger partial charge in [-0.3, -0.25) is 4.79 Å². The molecule has 0 saturated heterocycles. The maximum atomic E-state index is 11.7. The first-order chi connectivity index (χ1) is 13.1. The summed E-state index contributed by atoms with van der Waals surface area (Å²) in [6, 6.07) is 15.9. The van der Waals surface area contributed by atoms with Crippen molar-refractivity contribution in [2.24, 2.45) is 0 Å². The van der Waals surface area contributed by atoms with E-state index in [9.17, 15) is 4.79 Å². The molecule has 1 heterocycles. The molecule has 27 heavy (non-hydrogen) atoms. The summed E-state index contributed by atoms with van der Waals surface area (Å²) in [6.07, 6.45) is 2.11. The van der Waals surface area contributed by atoms with Crippen LogP contribution in [0.15, 0.2) is 61.2 Å². The minimum Gasteiger partial charge on any atom is -0.494 e. The molecule has 5 nitrogen and oxygen atoms in total. The topological polar surface area (TPSA) is 56.2 Å². The smallest absolute Gasteiger partial charge is 0.243 e. The summed E-state index contributed by atoms with van der Waals surface area (Å²) in [5.41, 5.74) is 3.16. The number of carbonyl (C=O) groups excluding carboxylic acids is 1. The molecule has 1 N–H and O–H groups in total. The van der Waals surface area contributed by atoms with Gasteiger partial charge in [-0.15, -0.1) is 0 Å². The van der Waals surface area contributed by atoms with E-state index in [2.05, 4.69) is 35.5 Å². The molecule has 1 unspecified atom stereocenters. The van der Waals surface area contributed by atoms with Crippen molar-refractivity contribution < 1.29 is 9.53 Å². The van der Waals surface area contributed by atoms with E-state index in [1.54, 1.807) is 0 Å². The van der Waals surface area contributed by atoms with Gasteiger partial charge < -0.3 is 14.6 Å². The van der Waals surface area contributed by atoms with Crippen LogP contribution in [0, 0.1) is 6.92 Å². The van der Waals surface area contributed by atoms with Gasteiger partial charge >= 0.3 is 0 Å². The first kappa shape index (κ1) is 18.7. The predicted molar refractivity (Wildman–Crippen MR) is 108 cm³/mol. The number of nitrogens with one attached hydrogen (secondary N) is 1. The van der Waals surface area contributed by atoms with Gasteiger partial charge in [0.25, 0.3) is 0 Å². The highest BCUT2D eigenvalue weighted by molar-refractivity contribution is 5.87. The number of aryl methyl sites for hydroxylation is 2. The van der Waals surface area contributed by atoms with Crippen molar-refractivity contribution in [2.45, 2.75) is 32.9 Å². The summed E-state index contributed by atoms with van der Waals surface area (Å²) in [6.45, 7) is 8.87. The number of aromatic nitrogens is 2. The molecule has 0 saturated carbocycles. The average Bonchev–Trinajstić information content (AvgIpc) is 3.04. The summed E-state index contributed by atoms with van der Waals surface area (Å²) >= 11 is 0. The first-order valence-electron chi connectivity index (χ1n) is 9.16. The molecule has 3 aromatic rings. The summed E-state index contributed by atoms with van der Waals surface area (Å²) < 4.78 is 8.02. The van der Waals surface area contributed by atoms with Gasteiger partial charge in [0, 0.05) is 6.54 Å². The average molecular weight is 363 g/mol. The number of imidazole rings is 1. The number of hydrogen-bond donors (Lipinski definition) is 1. The second kappa shape index (κ2) is 8.54. The Hall–Kier alpha value is -3.08. The van der Waals surface area contributed by atoms with Gasteiger partial charge in [0.05, 0.1) is 23.7 Å². The Bertz CT molecular complexity index is 946. The molecule has 140 valence electrons. The zero-order chi connectivity index (χ0) is 19.2. The van der Waals surface area contributed by atoms with Crippen molar-refractivity contribution in [3.63, 3.8) is 0 Å². The molecule has 0 aliphatic heterocycles. The number of nitrogens with zero attached hydrogens (tertiary/aromatic N) is 2. The van der Waals surface area contributed by atoms with Crippen LogP contribution in [-0.4, -0.2) is 22.1 Å². The maximum absolute atomic E-state index is 11.7. The van der Waals surface area contributed by atoms with Crippen LogP contribution in [0.2, 0.25) is 0 Å². The molecule has 0 fully saturated rings. The van der Waals surface area contributed by atoms with Crippen LogP contribution in [0.1, 0.15) is 30.8 Å². The van der Waals surface area contributed by atoms with E-state index in [1.165, 1.54) is 11.6 Å². The quantitative estimate of drug-likeness (QED) is 0.482. The molecule has 0 spiro atoms. The van der Waals surface area contributed by atoms with Crippen molar-refractivity contribution in [3.05, 3.63) is 72.6 Å². The fourth-order valence-electron chi connectivity index (χ4n) is 3.11. The number of fused-ring (bicyclic) bond motifs is 1. The zero-order valence-corrected chi connectivity index (χ0v) is 15.8. The van der Waals surface area contributed by atoms with Crippen molar-refractivity contribution in [1.82, 2.24) is 14.9 Å². The lowest BCUT2D eigenvalue weighted by Crippen LogP contribution is -2.27. The van der Waals surface area contributed by atoms with Crippen LogP contribution in [-0.2, 0) is 11.3 Å². The number of hydrogen-bond acceptors (Lipinski definition) is 3. The largest absolute Gasteiger partial charge is 0.494 e. The van der Waals surface area contributed by atoms with Crippen molar-refractivity contribution in [3.8, 4) is 5.75 Å². The number of amides is 1. The van der Waals surface area contributed by atoms with Crippen LogP contribution in [0.25, 0.3) is 11.0 Å². The van der Waals surface area contributed by atoms with E-state index in [1.807, 2.05) is 43.3 Å². The van der Waals surface area contributed by atoms with Crippen molar-refractivity contribution >= 4 is 16.9 Å². The molecule has 0 bridgehead atoms. The van der Waals surface area contributed by atoms with E-state index < -0.39 is 0 Å². The van der Waals surface area contributed by atoms with Crippen LogP contribution in [0.5, 0.6) is 5.75 Å². The second-order valence-corrected chi connectivity index (χ2v) is 6.56. The van der Waals surface area contributed by atoms with Gasteiger partial charge in [-0.05, 0) is 56.2 Å². The monoisotopic (exact) mass is 363 g/mol. The van der Waals surface area contributed by atoms with Crippen LogP contribution in [0.3, 0.4) is 0 Å². The molecule has 0 aliphatic carbocycles. The summed E-state index contributed by atoms with van der Waals surface area (Å²) in [5.74, 6) is 1.52. The fourth-order valence-corrected chi connectivity index (χ4v) is 3.11. The molecule has 2 aromatic carbocycles. The van der Waals surface area contributed by atoms with E-state index in [-0.39, 0.29) is 11.9 Å². The summed E-state index contributed by atoms with van der Waals surface area (Å²) in [5, 5.41) is 2.90. The highest BCUT2D eigenvalue weighted by atomic mass is 16.5. The Morgan fingerprint density at radius 3 is 2.89 bits per heavy atom. The highest BCUT2D eigenvalue weighted by Crippen LogP contribution is 2.21. The third-order valence-electron chi connectivity index (χ3n) is 4.40. The standard InChI is InChI=1S/C22H25N3O2/c1-4-21(26)23-17(3)22-24-19-11-5-6-12-20(19)25(22)13-8-14-27-18-10-7-9-16(2)15-18/h4-7,9-12,15,17H,1,8,13-14H2,2-3H3,(H,23,26). The molecule has 1 amide bonds. The van der Waals surface area contributed by atoms with E-state index in [0.29, 0.717) is 6.61 Å². The molecule has 0 aliphatic rings. The van der Waals surface area contributed by atoms with Crippen LogP contribution < -0.4 is 10.1 Å². The Labute approximate surface area is 159 Å². The third-order valence-corrected chi connectivity index (χ3v) is 4.40. The highest BCUT2D eigenvalue weighted by Gasteiger charge is 2.17. The molecular formula is C22H25N3O2. The Morgan fingerprint density at radius 2 is 2.11 bits per heavy atom. The van der Waals surface area contributed by atoms with E-state index in [4.69, 9.17) is 9.72 Å². The zero-order valence-electron chi connectivity index (χ0n) is 15.8. The molecule has 1 aromatic heterocycles. The van der Waals surface area contributed by atoms with E-state index in [0.717, 1.165) is 35.6 Å². The number of carbonyl (C=O) groups is 1. The lowest BCUT2D eigenvalue weighted by atomic mass is 10.2. The molecule has 5 heteroatoms. The van der Waals surface area contributed by atoms with Crippen molar-refractivity contribution in [1.29, 1.82) is 0 Å². The lowest BCUT2D eigenvalue weighted by molar-refractivity contribution is -0.117. The van der Waals surface area contributed by atoms with Crippen LogP contribution >= 0.6 is 0 Å². The molecule has 0 radical (unpaired) electrons. The van der Waals surface area contributed by atoms with Gasteiger partial charge in [0.2, 0.25) is 5.91 Å². The normalized spacial score (nSPS) is 11.9. The summed E-state index contributed by atoms with van der Waals surface area (Å²) in [7, 11) is 0. The Morgan fingerprint density at radius 1 is 1.30 bits per heavy atom. The Kier molecular flexibility index (Phi) is 5.91. The van der Waals surface area contributed by atoms with Crippen molar-refractivity contribution in [2.75, 3.05) is 6.61 Å². The minimum atomic E-state index is -0.208. The van der Waals surface area contributed by atoms with Gasteiger partial charge in [0.15, 0.2) is 0 Å². The SMILES string of the molecule is C=CC(=O)NC(C)c1nc2ccccc2n1CCCOc1cccc(C)c1. The Balaban J connectivity index is 1.72. The first-order valence-corrected chi connectivity index (χ1v) is 9.16. The van der Waals surface area contributed by atoms with Gasteiger partial charge in [-0.2, -0.15) is 0 Å². The van der Waals surface area contributed by atoms with Gasteiger partial charge in [0.1, 0.15) is 11.6 Å². The van der Waals surface area contributed by atoms with E-state index >= 15 is 0 Å². The number of rotatable bonds is 8.